The first kappa shape index (κ1) is 11.1. The normalized spacial score (nSPS) is 24.7. The minimum atomic E-state index is -0.264. The van der Waals surface area contributed by atoms with Crippen LogP contribution in [0.5, 0.6) is 0 Å². The van der Waals surface area contributed by atoms with Crippen LogP contribution in [0.2, 0.25) is 0 Å². The number of carbonyl (C=O) groups is 1. The van der Waals surface area contributed by atoms with Crippen LogP contribution in [0.25, 0.3) is 0 Å². The Kier molecular flexibility index (Phi) is 2.93. The number of amides is 1. The average molecular weight is 224 g/mol. The third-order valence-electron chi connectivity index (χ3n) is 2.73. The largest absolute Gasteiger partial charge is 0.379 e. The van der Waals surface area contributed by atoms with E-state index in [0.717, 1.165) is 11.4 Å². The second-order valence-corrected chi connectivity index (χ2v) is 4.10. The summed E-state index contributed by atoms with van der Waals surface area (Å²) in [5.74, 6) is -0.360. The summed E-state index contributed by atoms with van der Waals surface area (Å²) >= 11 is 0. The Hall–Kier alpha value is -1.40. The summed E-state index contributed by atoms with van der Waals surface area (Å²) in [6.07, 6.45) is 1.77. The maximum absolute atomic E-state index is 11.9. The van der Waals surface area contributed by atoms with Gasteiger partial charge in [0.1, 0.15) is 0 Å². The first-order valence-electron chi connectivity index (χ1n) is 5.22. The van der Waals surface area contributed by atoms with Crippen LogP contribution in [0.15, 0.2) is 6.20 Å². The highest BCUT2D eigenvalue weighted by Gasteiger charge is 2.31. The highest BCUT2D eigenvalue weighted by atomic mass is 16.5. The predicted octanol–water partition coefficient (Wildman–Crippen LogP) is -0.359. The highest BCUT2D eigenvalue weighted by molar-refractivity contribution is 5.93. The molecule has 6 heteroatoms. The van der Waals surface area contributed by atoms with Gasteiger partial charge in [-0.05, 0) is 6.92 Å². The van der Waals surface area contributed by atoms with Gasteiger partial charge in [0.05, 0.1) is 30.5 Å². The van der Waals surface area contributed by atoms with Crippen molar-refractivity contribution in [1.29, 1.82) is 0 Å². The molecule has 2 unspecified atom stereocenters. The molecular weight excluding hydrogens is 208 g/mol. The molecule has 1 aliphatic rings. The molecular formula is C10H16N4O2. The molecule has 6 nitrogen and oxygen atoms in total. The number of anilines is 1. The second-order valence-electron chi connectivity index (χ2n) is 4.10. The fraction of sp³-hybridized carbons (Fsp3) is 0.600. The molecule has 3 N–H and O–H groups in total. The topological polar surface area (TPSA) is 82.2 Å². The van der Waals surface area contributed by atoms with Crippen molar-refractivity contribution >= 4 is 11.6 Å². The van der Waals surface area contributed by atoms with Crippen LogP contribution < -0.4 is 11.1 Å². The zero-order chi connectivity index (χ0) is 11.7. The summed E-state index contributed by atoms with van der Waals surface area (Å²) in [6, 6.07) is -0.211. The summed E-state index contributed by atoms with van der Waals surface area (Å²) in [4.78, 5) is 11.9. The van der Waals surface area contributed by atoms with Gasteiger partial charge in [-0.2, -0.15) is 5.10 Å². The smallest absolute Gasteiger partial charge is 0.231 e. The van der Waals surface area contributed by atoms with Gasteiger partial charge in [0, 0.05) is 19.3 Å². The van der Waals surface area contributed by atoms with Gasteiger partial charge in [-0.1, -0.05) is 0 Å². The van der Waals surface area contributed by atoms with Crippen molar-refractivity contribution < 1.29 is 9.53 Å². The zero-order valence-corrected chi connectivity index (χ0v) is 9.43. The lowest BCUT2D eigenvalue weighted by molar-refractivity contribution is -0.120. The van der Waals surface area contributed by atoms with Gasteiger partial charge in [-0.3, -0.25) is 9.48 Å². The number of hydrogen-bond donors (Lipinski definition) is 2. The summed E-state index contributed by atoms with van der Waals surface area (Å²) < 4.78 is 6.82. The van der Waals surface area contributed by atoms with E-state index in [9.17, 15) is 4.79 Å². The maximum atomic E-state index is 11.9. The molecule has 1 amide bonds. The Labute approximate surface area is 93.8 Å². The van der Waals surface area contributed by atoms with Crippen molar-refractivity contribution in [3.8, 4) is 0 Å². The van der Waals surface area contributed by atoms with Crippen LogP contribution in [0.3, 0.4) is 0 Å². The van der Waals surface area contributed by atoms with Crippen molar-refractivity contribution in [3.63, 3.8) is 0 Å². The fourth-order valence-corrected chi connectivity index (χ4v) is 1.79. The van der Waals surface area contributed by atoms with Gasteiger partial charge in [0.2, 0.25) is 5.91 Å². The molecule has 0 aliphatic carbocycles. The van der Waals surface area contributed by atoms with E-state index in [0.29, 0.717) is 13.2 Å². The van der Waals surface area contributed by atoms with Gasteiger partial charge in [-0.15, -0.1) is 0 Å². The number of hydrogen-bond acceptors (Lipinski definition) is 4. The molecule has 1 aromatic heterocycles. The molecule has 88 valence electrons. The van der Waals surface area contributed by atoms with Gasteiger partial charge >= 0.3 is 0 Å². The van der Waals surface area contributed by atoms with E-state index in [1.54, 1.807) is 10.9 Å². The zero-order valence-electron chi connectivity index (χ0n) is 9.43. The summed E-state index contributed by atoms with van der Waals surface area (Å²) in [5.41, 5.74) is 7.29. The van der Waals surface area contributed by atoms with E-state index in [4.69, 9.17) is 10.5 Å². The summed E-state index contributed by atoms with van der Waals surface area (Å²) in [6.45, 7) is 2.69. The maximum Gasteiger partial charge on any atom is 0.231 e. The Morgan fingerprint density at radius 3 is 2.94 bits per heavy atom. The second kappa shape index (κ2) is 4.23. The lowest BCUT2D eigenvalue weighted by Crippen LogP contribution is -2.37. The Bertz CT molecular complexity index is 402. The number of carbonyl (C=O) groups excluding carboxylic acids is 1. The van der Waals surface area contributed by atoms with Crippen LogP contribution in [0.4, 0.5) is 5.69 Å². The van der Waals surface area contributed by atoms with Crippen molar-refractivity contribution in [3.05, 3.63) is 11.9 Å². The average Bonchev–Trinajstić information content (AvgIpc) is 2.74. The van der Waals surface area contributed by atoms with Crippen LogP contribution in [-0.4, -0.2) is 34.9 Å². The molecule has 16 heavy (non-hydrogen) atoms. The number of nitrogens with zero attached hydrogens (tertiary/aromatic N) is 2. The molecule has 2 heterocycles. The molecule has 2 atom stereocenters. The molecule has 1 fully saturated rings. The van der Waals surface area contributed by atoms with E-state index in [1.807, 2.05) is 14.0 Å². The monoisotopic (exact) mass is 224 g/mol. The van der Waals surface area contributed by atoms with Crippen molar-refractivity contribution in [2.75, 3.05) is 18.5 Å². The van der Waals surface area contributed by atoms with Gasteiger partial charge < -0.3 is 15.8 Å². The highest BCUT2D eigenvalue weighted by Crippen LogP contribution is 2.17. The lowest BCUT2D eigenvalue weighted by atomic mass is 10.0. The van der Waals surface area contributed by atoms with Gasteiger partial charge in [0.25, 0.3) is 0 Å². The molecule has 1 aromatic rings. The number of rotatable bonds is 2. The molecule has 0 bridgehead atoms. The third-order valence-corrected chi connectivity index (χ3v) is 2.73. The van der Waals surface area contributed by atoms with Crippen LogP contribution >= 0.6 is 0 Å². The van der Waals surface area contributed by atoms with Gasteiger partial charge in [0.15, 0.2) is 0 Å². The number of nitrogens with one attached hydrogen (secondary N) is 1. The molecule has 0 saturated carbocycles. The standard InChI is InChI=1S/C10H16N4O2/c1-6-9(3-14(2)13-6)12-10(15)7-4-16-5-8(7)11/h3,7-8H,4-5,11H2,1-2H3,(H,12,15). The fourth-order valence-electron chi connectivity index (χ4n) is 1.79. The number of nitrogens with two attached hydrogens (primary N) is 1. The summed E-state index contributed by atoms with van der Waals surface area (Å²) in [5, 5.41) is 6.97. The van der Waals surface area contributed by atoms with Crippen LogP contribution in [-0.2, 0) is 16.6 Å². The Balaban J connectivity index is 2.04. The predicted molar refractivity (Wildman–Crippen MR) is 58.9 cm³/mol. The van der Waals surface area contributed by atoms with Crippen LogP contribution in [0, 0.1) is 12.8 Å². The molecule has 1 saturated heterocycles. The molecule has 1 aliphatic heterocycles. The number of aromatic nitrogens is 2. The first-order valence-corrected chi connectivity index (χ1v) is 5.22. The van der Waals surface area contributed by atoms with E-state index in [1.165, 1.54) is 0 Å². The van der Waals surface area contributed by atoms with Crippen molar-refractivity contribution in [2.24, 2.45) is 18.7 Å². The van der Waals surface area contributed by atoms with Crippen LogP contribution in [0.1, 0.15) is 5.69 Å². The minimum Gasteiger partial charge on any atom is -0.379 e. The van der Waals surface area contributed by atoms with E-state index < -0.39 is 0 Å². The third kappa shape index (κ3) is 2.07. The van der Waals surface area contributed by atoms with E-state index in [-0.39, 0.29) is 17.9 Å². The first-order chi connectivity index (χ1) is 7.58. The van der Waals surface area contributed by atoms with Gasteiger partial charge in [-0.25, -0.2) is 0 Å². The molecule has 0 spiro atoms. The Morgan fingerprint density at radius 1 is 1.69 bits per heavy atom. The van der Waals surface area contributed by atoms with E-state index >= 15 is 0 Å². The van der Waals surface area contributed by atoms with E-state index in [2.05, 4.69) is 10.4 Å². The minimum absolute atomic E-state index is 0.0962. The quantitative estimate of drug-likeness (QED) is 0.718. The number of aryl methyl sites for hydroxylation is 2. The Morgan fingerprint density at radius 2 is 2.44 bits per heavy atom. The SMILES string of the molecule is Cc1nn(C)cc1NC(=O)C1COCC1N. The van der Waals surface area contributed by atoms with Crippen molar-refractivity contribution in [1.82, 2.24) is 9.78 Å². The molecule has 2 rings (SSSR count). The van der Waals surface area contributed by atoms with Crippen molar-refractivity contribution in [2.45, 2.75) is 13.0 Å². The molecule has 0 radical (unpaired) electrons. The summed E-state index contributed by atoms with van der Waals surface area (Å²) in [7, 11) is 1.81. The lowest BCUT2D eigenvalue weighted by Gasteiger charge is -2.12. The number of ether oxygens (including phenoxy) is 1. The molecule has 0 aromatic carbocycles.